The summed E-state index contributed by atoms with van der Waals surface area (Å²) in [6.45, 7) is 0.397. The minimum atomic E-state index is -3.34. The Hall–Kier alpha value is -1.92. The molecule has 1 amide bonds. The fourth-order valence-corrected chi connectivity index (χ4v) is 4.08. The number of halogens is 1. The fourth-order valence-electron chi connectivity index (χ4n) is 2.89. The van der Waals surface area contributed by atoms with Crippen molar-refractivity contribution in [2.24, 2.45) is 0 Å². The quantitative estimate of drug-likeness (QED) is 0.420. The Morgan fingerprint density at radius 3 is 2.36 bits per heavy atom. The van der Waals surface area contributed by atoms with Gasteiger partial charge in [-0.05, 0) is 29.8 Å². The summed E-state index contributed by atoms with van der Waals surface area (Å²) in [5.41, 5.74) is 0.967. The lowest BCUT2D eigenvalue weighted by molar-refractivity contribution is -0.160. The molecule has 1 fully saturated rings. The Bertz CT molecular complexity index is 896. The second kappa shape index (κ2) is 9.05. The first-order valence-corrected chi connectivity index (χ1v) is 11.0. The molecule has 28 heavy (non-hydrogen) atoms. The SMILES string of the molecule is COP(=O)(/C=C/[C@H]1[C@@H](Oc2ccccc2)C(=O)N1Cc1ccccc1Br)OC. The number of hydrogen-bond acceptors (Lipinski definition) is 5. The van der Waals surface area contributed by atoms with Crippen LogP contribution < -0.4 is 4.74 Å². The molecule has 1 heterocycles. The van der Waals surface area contributed by atoms with Gasteiger partial charge in [0.25, 0.3) is 5.91 Å². The number of hydrogen-bond donors (Lipinski definition) is 0. The van der Waals surface area contributed by atoms with Crippen molar-refractivity contribution in [2.75, 3.05) is 14.2 Å². The summed E-state index contributed by atoms with van der Waals surface area (Å²) in [5.74, 6) is 1.83. The monoisotopic (exact) mass is 465 g/mol. The highest BCUT2D eigenvalue weighted by atomic mass is 79.9. The van der Waals surface area contributed by atoms with Crippen molar-refractivity contribution in [3.63, 3.8) is 0 Å². The molecule has 2 aromatic carbocycles. The topological polar surface area (TPSA) is 65.1 Å². The molecule has 2 atom stereocenters. The summed E-state index contributed by atoms with van der Waals surface area (Å²) in [6, 6.07) is 16.4. The van der Waals surface area contributed by atoms with Crippen LogP contribution in [-0.4, -0.2) is 37.2 Å². The first-order valence-electron chi connectivity index (χ1n) is 8.63. The first kappa shape index (κ1) is 20.8. The summed E-state index contributed by atoms with van der Waals surface area (Å²) in [7, 11) is -0.711. The molecule has 0 aromatic heterocycles. The third kappa shape index (κ3) is 4.55. The van der Waals surface area contributed by atoms with Gasteiger partial charge in [-0.25, -0.2) is 0 Å². The smallest absolute Gasteiger partial charge is 0.353 e. The highest BCUT2D eigenvalue weighted by Crippen LogP contribution is 2.48. The van der Waals surface area contributed by atoms with Crippen molar-refractivity contribution in [2.45, 2.75) is 18.7 Å². The number of carbonyl (C=O) groups excluding carboxylic acids is 1. The maximum atomic E-state index is 12.8. The minimum Gasteiger partial charge on any atom is -0.478 e. The van der Waals surface area contributed by atoms with Crippen molar-refractivity contribution in [3.05, 3.63) is 76.5 Å². The Balaban J connectivity index is 1.84. The zero-order valence-electron chi connectivity index (χ0n) is 15.5. The second-order valence-electron chi connectivity index (χ2n) is 6.15. The van der Waals surface area contributed by atoms with Crippen LogP contribution in [0.2, 0.25) is 0 Å². The van der Waals surface area contributed by atoms with E-state index in [9.17, 15) is 9.36 Å². The average molecular weight is 466 g/mol. The Kier molecular flexibility index (Phi) is 6.73. The number of β-lactam (4-membered cyclic amide) rings is 1. The van der Waals surface area contributed by atoms with E-state index in [-0.39, 0.29) is 5.91 Å². The van der Waals surface area contributed by atoms with E-state index < -0.39 is 19.7 Å². The average Bonchev–Trinajstić information content (AvgIpc) is 2.73. The van der Waals surface area contributed by atoms with E-state index in [4.69, 9.17) is 13.8 Å². The molecule has 0 bridgehead atoms. The van der Waals surface area contributed by atoms with Crippen molar-refractivity contribution < 1.29 is 23.1 Å². The predicted molar refractivity (Wildman–Crippen MR) is 110 cm³/mol. The van der Waals surface area contributed by atoms with Gasteiger partial charge in [-0.1, -0.05) is 52.3 Å². The van der Waals surface area contributed by atoms with Gasteiger partial charge in [-0.15, -0.1) is 0 Å². The molecule has 1 saturated heterocycles. The van der Waals surface area contributed by atoms with Crippen molar-refractivity contribution in [1.82, 2.24) is 4.90 Å². The maximum Gasteiger partial charge on any atom is 0.353 e. The first-order chi connectivity index (χ1) is 13.5. The largest absolute Gasteiger partial charge is 0.478 e. The van der Waals surface area contributed by atoms with Crippen molar-refractivity contribution in [1.29, 1.82) is 0 Å². The van der Waals surface area contributed by atoms with E-state index >= 15 is 0 Å². The van der Waals surface area contributed by atoms with Crippen LogP contribution in [0.15, 0.2) is 71.0 Å². The van der Waals surface area contributed by atoms with Gasteiger partial charge < -0.3 is 18.7 Å². The molecule has 1 aliphatic heterocycles. The van der Waals surface area contributed by atoms with Crippen molar-refractivity contribution in [3.8, 4) is 5.75 Å². The summed E-state index contributed by atoms with van der Waals surface area (Å²) < 4.78 is 29.1. The van der Waals surface area contributed by atoms with E-state index in [2.05, 4.69) is 15.9 Å². The highest BCUT2D eigenvalue weighted by molar-refractivity contribution is 9.10. The molecular weight excluding hydrogens is 445 g/mol. The zero-order valence-corrected chi connectivity index (χ0v) is 18.0. The number of likely N-dealkylation sites (tertiary alicyclic amines) is 1. The standard InChI is InChI=1S/C20H21BrNO5P/c1-25-28(24,26-2)13-12-18-19(27-16-9-4-3-5-10-16)20(23)22(18)14-15-8-6-7-11-17(15)21/h3-13,18-19H,14H2,1-2H3/b13-12+/t18-,19+/m0/s1. The van der Waals surface area contributed by atoms with Gasteiger partial charge in [0.2, 0.25) is 6.10 Å². The number of benzene rings is 2. The van der Waals surface area contributed by atoms with Gasteiger partial charge in [0, 0.05) is 31.1 Å². The minimum absolute atomic E-state index is 0.140. The van der Waals surface area contributed by atoms with Gasteiger partial charge >= 0.3 is 7.60 Å². The molecule has 148 valence electrons. The Morgan fingerprint density at radius 2 is 1.71 bits per heavy atom. The molecule has 6 nitrogen and oxygen atoms in total. The predicted octanol–water partition coefficient (Wildman–Crippen LogP) is 4.61. The van der Waals surface area contributed by atoms with Crippen molar-refractivity contribution >= 4 is 29.4 Å². The van der Waals surface area contributed by atoms with Crippen LogP contribution in [0.25, 0.3) is 0 Å². The van der Waals surface area contributed by atoms with E-state index in [1.807, 2.05) is 42.5 Å². The van der Waals surface area contributed by atoms with Gasteiger partial charge in [-0.3, -0.25) is 9.36 Å². The van der Waals surface area contributed by atoms with E-state index in [0.29, 0.717) is 12.3 Å². The van der Waals surface area contributed by atoms with Crippen LogP contribution >= 0.6 is 23.5 Å². The maximum absolute atomic E-state index is 12.8. The molecule has 0 spiro atoms. The van der Waals surface area contributed by atoms with E-state index in [0.717, 1.165) is 10.0 Å². The summed E-state index contributed by atoms with van der Waals surface area (Å²) >= 11 is 3.51. The summed E-state index contributed by atoms with van der Waals surface area (Å²) in [6.07, 6.45) is 0.947. The van der Waals surface area contributed by atoms with Crippen LogP contribution in [0.4, 0.5) is 0 Å². The molecule has 0 saturated carbocycles. The van der Waals surface area contributed by atoms with Crippen LogP contribution in [0.3, 0.4) is 0 Å². The molecule has 0 unspecified atom stereocenters. The molecular formula is C20H21BrNO5P. The fraction of sp³-hybridized carbons (Fsp3) is 0.250. The summed E-state index contributed by atoms with van der Waals surface area (Å²) in [4.78, 5) is 14.4. The summed E-state index contributed by atoms with van der Waals surface area (Å²) in [5, 5.41) is 0. The molecule has 8 heteroatoms. The molecule has 1 aliphatic rings. The lowest BCUT2D eigenvalue weighted by Gasteiger charge is -2.45. The number of amides is 1. The van der Waals surface area contributed by atoms with E-state index in [1.165, 1.54) is 20.0 Å². The number of para-hydroxylation sites is 1. The molecule has 0 aliphatic carbocycles. The lowest BCUT2D eigenvalue weighted by atomic mass is 9.96. The molecule has 3 rings (SSSR count). The highest BCUT2D eigenvalue weighted by Gasteiger charge is 2.48. The number of nitrogens with zero attached hydrogens (tertiary/aromatic N) is 1. The van der Waals surface area contributed by atoms with Gasteiger partial charge in [0.15, 0.2) is 0 Å². The van der Waals surface area contributed by atoms with Gasteiger partial charge in [0.1, 0.15) is 5.75 Å². The number of rotatable bonds is 8. The normalized spacial score (nSPS) is 19.7. The van der Waals surface area contributed by atoms with Gasteiger partial charge in [-0.2, -0.15) is 0 Å². The van der Waals surface area contributed by atoms with E-state index in [1.54, 1.807) is 23.1 Å². The molecule has 0 radical (unpaired) electrons. The van der Waals surface area contributed by atoms with Gasteiger partial charge in [0.05, 0.1) is 6.04 Å². The second-order valence-corrected chi connectivity index (χ2v) is 9.11. The number of carbonyl (C=O) groups is 1. The number of ether oxygens (including phenoxy) is 1. The third-order valence-electron chi connectivity index (χ3n) is 4.48. The zero-order chi connectivity index (χ0) is 20.1. The van der Waals surface area contributed by atoms with Crippen LogP contribution in [0.1, 0.15) is 5.56 Å². The molecule has 2 aromatic rings. The Morgan fingerprint density at radius 1 is 1.07 bits per heavy atom. The Labute approximate surface area is 172 Å². The van der Waals surface area contributed by atoms with Crippen LogP contribution in [0.5, 0.6) is 5.75 Å². The lowest BCUT2D eigenvalue weighted by Crippen LogP contribution is -2.65. The van der Waals surface area contributed by atoms with Crippen LogP contribution in [-0.2, 0) is 25.0 Å². The van der Waals surface area contributed by atoms with Crippen LogP contribution in [0, 0.1) is 0 Å². The third-order valence-corrected chi connectivity index (χ3v) is 6.80. The molecule has 0 N–H and O–H groups in total.